The quantitative estimate of drug-likeness (QED) is 0.772. The molecule has 1 aromatic heterocycles. The van der Waals surface area contributed by atoms with E-state index >= 15 is 0 Å². The van der Waals surface area contributed by atoms with Crippen LogP contribution in [0.5, 0.6) is 0 Å². The Bertz CT molecular complexity index is 692. The van der Waals surface area contributed by atoms with Crippen molar-refractivity contribution in [3.63, 3.8) is 0 Å². The van der Waals surface area contributed by atoms with E-state index in [1.807, 2.05) is 19.1 Å². The van der Waals surface area contributed by atoms with Crippen LogP contribution in [-0.2, 0) is 5.41 Å². The fourth-order valence-electron chi connectivity index (χ4n) is 3.45. The number of hydrogen-bond acceptors (Lipinski definition) is 1. The predicted octanol–water partition coefficient (Wildman–Crippen LogP) is 5.02. The molecule has 0 N–H and O–H groups in total. The van der Waals surface area contributed by atoms with Crippen LogP contribution in [-0.4, -0.2) is 4.98 Å². The first kappa shape index (κ1) is 14.2. The van der Waals surface area contributed by atoms with Crippen molar-refractivity contribution in [2.45, 2.75) is 39.0 Å². The first-order chi connectivity index (χ1) is 9.98. The summed E-state index contributed by atoms with van der Waals surface area (Å²) in [6.07, 6.45) is 3.53. The smallest absolute Gasteiger partial charge is 0.135 e. The minimum atomic E-state index is -0.518. The lowest BCUT2D eigenvalue weighted by Crippen LogP contribution is -2.12. The zero-order chi connectivity index (χ0) is 15.2. The number of aromatic nitrogens is 1. The van der Waals surface area contributed by atoms with Gasteiger partial charge in [0, 0.05) is 17.8 Å². The summed E-state index contributed by atoms with van der Waals surface area (Å²) >= 11 is 0. The van der Waals surface area contributed by atoms with Gasteiger partial charge in [-0.3, -0.25) is 4.98 Å². The molecule has 2 atom stereocenters. The molecule has 1 nitrogen and oxygen atoms in total. The lowest BCUT2D eigenvalue weighted by Gasteiger charge is -2.20. The van der Waals surface area contributed by atoms with E-state index in [0.29, 0.717) is 17.2 Å². The van der Waals surface area contributed by atoms with Crippen molar-refractivity contribution in [1.82, 2.24) is 4.98 Å². The Morgan fingerprint density at radius 2 is 2.00 bits per heavy atom. The molecule has 1 heterocycles. The van der Waals surface area contributed by atoms with E-state index in [1.165, 1.54) is 6.07 Å². The van der Waals surface area contributed by atoms with Crippen LogP contribution in [0.25, 0.3) is 11.3 Å². The highest BCUT2D eigenvalue weighted by atomic mass is 19.1. The molecule has 0 bridgehead atoms. The number of nitrogens with zero attached hydrogens (tertiary/aromatic N) is 1. The maximum Gasteiger partial charge on any atom is 0.135 e. The van der Waals surface area contributed by atoms with Crippen molar-refractivity contribution in [3.05, 3.63) is 53.2 Å². The Morgan fingerprint density at radius 3 is 2.57 bits per heavy atom. The third-order valence-corrected chi connectivity index (χ3v) is 4.85. The van der Waals surface area contributed by atoms with Crippen molar-refractivity contribution in [2.75, 3.05) is 0 Å². The van der Waals surface area contributed by atoms with Gasteiger partial charge in [0.05, 0.1) is 5.69 Å². The highest BCUT2D eigenvalue weighted by molar-refractivity contribution is 5.68. The van der Waals surface area contributed by atoms with Gasteiger partial charge in [0.1, 0.15) is 11.6 Å². The SMILES string of the molecule is CCC1(c2cc(F)cc(F)c2-c2cc(C)ccn2)CC1C. The topological polar surface area (TPSA) is 12.9 Å². The molecule has 1 saturated carbocycles. The lowest BCUT2D eigenvalue weighted by molar-refractivity contribution is 0.557. The Hall–Kier alpha value is -1.77. The first-order valence-corrected chi connectivity index (χ1v) is 7.40. The van der Waals surface area contributed by atoms with Gasteiger partial charge in [0.2, 0.25) is 0 Å². The van der Waals surface area contributed by atoms with Crippen molar-refractivity contribution in [3.8, 4) is 11.3 Å². The largest absolute Gasteiger partial charge is 0.256 e. The lowest BCUT2D eigenvalue weighted by atomic mass is 9.85. The highest BCUT2D eigenvalue weighted by Gasteiger charge is 2.52. The monoisotopic (exact) mass is 287 g/mol. The Morgan fingerprint density at radius 1 is 1.29 bits per heavy atom. The van der Waals surface area contributed by atoms with Crippen LogP contribution in [0.3, 0.4) is 0 Å². The third kappa shape index (κ3) is 2.25. The van der Waals surface area contributed by atoms with Gasteiger partial charge in [-0.25, -0.2) is 8.78 Å². The van der Waals surface area contributed by atoms with Crippen molar-refractivity contribution in [1.29, 1.82) is 0 Å². The van der Waals surface area contributed by atoms with Crippen molar-refractivity contribution < 1.29 is 8.78 Å². The zero-order valence-corrected chi connectivity index (χ0v) is 12.6. The van der Waals surface area contributed by atoms with Crippen LogP contribution in [0.4, 0.5) is 8.78 Å². The molecule has 1 fully saturated rings. The number of pyridine rings is 1. The van der Waals surface area contributed by atoms with E-state index < -0.39 is 11.6 Å². The summed E-state index contributed by atoms with van der Waals surface area (Å²) in [5, 5.41) is 0. The Labute approximate surface area is 124 Å². The number of hydrogen-bond donors (Lipinski definition) is 0. The number of benzene rings is 1. The molecule has 2 unspecified atom stereocenters. The highest BCUT2D eigenvalue weighted by Crippen LogP contribution is 2.58. The van der Waals surface area contributed by atoms with E-state index in [2.05, 4.69) is 18.8 Å². The van der Waals surface area contributed by atoms with Crippen LogP contribution in [0.2, 0.25) is 0 Å². The molecule has 0 radical (unpaired) electrons. The molecule has 110 valence electrons. The van der Waals surface area contributed by atoms with Crippen LogP contribution in [0.15, 0.2) is 30.5 Å². The summed E-state index contributed by atoms with van der Waals surface area (Å²) in [7, 11) is 0. The molecule has 0 aliphatic heterocycles. The van der Waals surface area contributed by atoms with Gasteiger partial charge in [-0.1, -0.05) is 13.8 Å². The molecule has 1 aromatic carbocycles. The number of rotatable bonds is 3. The summed E-state index contributed by atoms with van der Waals surface area (Å²) in [5.74, 6) is -0.576. The van der Waals surface area contributed by atoms with Gasteiger partial charge < -0.3 is 0 Å². The summed E-state index contributed by atoms with van der Waals surface area (Å²) in [5.41, 5.74) is 2.74. The van der Waals surface area contributed by atoms with E-state index in [-0.39, 0.29) is 5.41 Å². The van der Waals surface area contributed by atoms with Gasteiger partial charge in [0.15, 0.2) is 0 Å². The Kier molecular flexibility index (Phi) is 3.31. The summed E-state index contributed by atoms with van der Waals surface area (Å²) < 4.78 is 28.2. The minimum Gasteiger partial charge on any atom is -0.256 e. The normalized spacial score (nSPS) is 24.1. The van der Waals surface area contributed by atoms with E-state index in [1.54, 1.807) is 6.20 Å². The summed E-state index contributed by atoms with van der Waals surface area (Å²) in [6, 6.07) is 6.19. The summed E-state index contributed by atoms with van der Waals surface area (Å²) in [4.78, 5) is 4.30. The predicted molar refractivity (Wildman–Crippen MR) is 80.1 cm³/mol. The second-order valence-electron chi connectivity index (χ2n) is 6.14. The molecule has 0 spiro atoms. The molecule has 0 amide bonds. The molecule has 1 aliphatic rings. The van der Waals surface area contributed by atoms with E-state index in [4.69, 9.17) is 0 Å². The van der Waals surface area contributed by atoms with Crippen LogP contribution >= 0.6 is 0 Å². The van der Waals surface area contributed by atoms with Crippen LogP contribution < -0.4 is 0 Å². The van der Waals surface area contributed by atoms with Crippen molar-refractivity contribution >= 4 is 0 Å². The third-order valence-electron chi connectivity index (χ3n) is 4.85. The average Bonchev–Trinajstić information content (AvgIpc) is 3.10. The summed E-state index contributed by atoms with van der Waals surface area (Å²) in [6.45, 7) is 6.17. The van der Waals surface area contributed by atoms with E-state index in [0.717, 1.165) is 30.0 Å². The molecular formula is C18H19F2N. The standard InChI is InChI=1S/C18H19F2N/c1-4-18(10-12(18)3)14-8-13(19)9-15(20)17(14)16-7-11(2)5-6-21-16/h5-9,12H,4,10H2,1-3H3. The second-order valence-corrected chi connectivity index (χ2v) is 6.14. The van der Waals surface area contributed by atoms with E-state index in [9.17, 15) is 8.78 Å². The van der Waals surface area contributed by atoms with Gasteiger partial charge in [-0.15, -0.1) is 0 Å². The Balaban J connectivity index is 2.25. The second kappa shape index (κ2) is 4.90. The van der Waals surface area contributed by atoms with Crippen molar-refractivity contribution in [2.24, 2.45) is 5.92 Å². The molecular weight excluding hydrogens is 268 g/mol. The number of halogens is 2. The van der Waals surface area contributed by atoms with Gasteiger partial charge in [-0.2, -0.15) is 0 Å². The van der Waals surface area contributed by atoms with Gasteiger partial charge >= 0.3 is 0 Å². The fourth-order valence-corrected chi connectivity index (χ4v) is 3.45. The van der Waals surface area contributed by atoms with Crippen LogP contribution in [0.1, 0.15) is 37.8 Å². The maximum atomic E-state index is 14.5. The molecule has 3 heteroatoms. The average molecular weight is 287 g/mol. The maximum absolute atomic E-state index is 14.5. The molecule has 0 saturated heterocycles. The molecule has 3 rings (SSSR count). The first-order valence-electron chi connectivity index (χ1n) is 7.40. The minimum absolute atomic E-state index is 0.107. The molecule has 21 heavy (non-hydrogen) atoms. The van der Waals surface area contributed by atoms with Gasteiger partial charge in [-0.05, 0) is 60.4 Å². The number of aryl methyl sites for hydroxylation is 1. The fraction of sp³-hybridized carbons (Fsp3) is 0.389. The molecule has 1 aliphatic carbocycles. The zero-order valence-electron chi connectivity index (χ0n) is 12.6. The van der Waals surface area contributed by atoms with Crippen LogP contribution in [0, 0.1) is 24.5 Å². The van der Waals surface area contributed by atoms with Gasteiger partial charge in [0.25, 0.3) is 0 Å². The molecule has 2 aromatic rings.